The molecule has 0 aliphatic heterocycles. The summed E-state index contributed by atoms with van der Waals surface area (Å²) in [5, 5.41) is 0. The van der Waals surface area contributed by atoms with Gasteiger partial charge in [0, 0.05) is 7.05 Å². The van der Waals surface area contributed by atoms with Gasteiger partial charge in [-0.1, -0.05) is 6.92 Å². The van der Waals surface area contributed by atoms with E-state index in [2.05, 4.69) is 4.98 Å². The van der Waals surface area contributed by atoms with Gasteiger partial charge in [0.1, 0.15) is 12.4 Å². The molecule has 1 aromatic heterocycles. The van der Waals surface area contributed by atoms with Crippen LogP contribution < -0.4 is 15.4 Å². The Balaban J connectivity index is 2.83. The van der Waals surface area contributed by atoms with Crippen molar-refractivity contribution in [2.45, 2.75) is 19.5 Å². The molecule has 0 radical (unpaired) electrons. The van der Waals surface area contributed by atoms with Gasteiger partial charge in [-0.05, 0) is 18.6 Å². The van der Waals surface area contributed by atoms with E-state index in [1.165, 1.54) is 19.2 Å². The van der Waals surface area contributed by atoms with Crippen molar-refractivity contribution in [3.8, 4) is 5.88 Å². The molecule has 0 fully saturated rings. The van der Waals surface area contributed by atoms with Crippen LogP contribution in [-0.4, -0.2) is 31.4 Å². The minimum Gasteiger partial charge on any atom is -0.476 e. The van der Waals surface area contributed by atoms with E-state index in [4.69, 9.17) is 10.5 Å². The van der Waals surface area contributed by atoms with E-state index in [0.717, 1.165) is 11.3 Å². The van der Waals surface area contributed by atoms with Crippen molar-refractivity contribution in [3.05, 3.63) is 12.1 Å². The molecule has 1 aromatic rings. The van der Waals surface area contributed by atoms with Gasteiger partial charge in [-0.15, -0.1) is 0 Å². The number of pyridine rings is 1. The first-order valence-electron chi connectivity index (χ1n) is 5.50. The quantitative estimate of drug-likeness (QED) is 0.886. The molecule has 2 N–H and O–H groups in total. The monoisotopic (exact) mass is 263 g/mol. The topological polar surface area (TPSA) is 51.4 Å². The molecule has 1 rings (SSSR count). The molecule has 0 amide bonds. The summed E-state index contributed by atoms with van der Waals surface area (Å²) in [6, 6.07) is 2.92. The van der Waals surface area contributed by atoms with Crippen LogP contribution in [0, 0.1) is 0 Å². The largest absolute Gasteiger partial charge is 0.476 e. The lowest BCUT2D eigenvalue weighted by Crippen LogP contribution is -2.31. The summed E-state index contributed by atoms with van der Waals surface area (Å²) < 4.78 is 42.0. The summed E-state index contributed by atoms with van der Waals surface area (Å²) in [7, 11) is 1.32. The van der Waals surface area contributed by atoms with Gasteiger partial charge >= 0.3 is 6.18 Å². The van der Waals surface area contributed by atoms with E-state index in [-0.39, 0.29) is 11.7 Å². The number of halogens is 3. The van der Waals surface area contributed by atoms with Crippen molar-refractivity contribution >= 4 is 11.5 Å². The van der Waals surface area contributed by atoms with E-state index in [1.807, 2.05) is 6.92 Å². The SMILES string of the molecule is CCCOc1nc(N(C)CC(F)(F)F)ccc1N. The maximum Gasteiger partial charge on any atom is 0.405 e. The number of hydrogen-bond acceptors (Lipinski definition) is 4. The second kappa shape index (κ2) is 5.79. The number of alkyl halides is 3. The van der Waals surface area contributed by atoms with Crippen molar-refractivity contribution in [2.75, 3.05) is 30.8 Å². The zero-order valence-electron chi connectivity index (χ0n) is 10.3. The minimum absolute atomic E-state index is 0.170. The van der Waals surface area contributed by atoms with Gasteiger partial charge in [0.05, 0.1) is 12.3 Å². The highest BCUT2D eigenvalue weighted by Crippen LogP contribution is 2.25. The molecule has 0 aliphatic carbocycles. The van der Waals surface area contributed by atoms with Gasteiger partial charge in [0.25, 0.3) is 0 Å². The lowest BCUT2D eigenvalue weighted by Gasteiger charge is -2.20. The van der Waals surface area contributed by atoms with Crippen LogP contribution in [0.15, 0.2) is 12.1 Å². The van der Waals surface area contributed by atoms with Crippen LogP contribution in [0.2, 0.25) is 0 Å². The summed E-state index contributed by atoms with van der Waals surface area (Å²) in [6.07, 6.45) is -3.51. The van der Waals surface area contributed by atoms with Gasteiger partial charge < -0.3 is 15.4 Å². The van der Waals surface area contributed by atoms with Crippen molar-refractivity contribution in [3.63, 3.8) is 0 Å². The predicted molar refractivity (Wildman–Crippen MR) is 63.8 cm³/mol. The molecule has 0 saturated carbocycles. The molecule has 4 nitrogen and oxygen atoms in total. The van der Waals surface area contributed by atoms with Gasteiger partial charge in [-0.3, -0.25) is 0 Å². The average molecular weight is 263 g/mol. The smallest absolute Gasteiger partial charge is 0.405 e. The van der Waals surface area contributed by atoms with Crippen LogP contribution in [0.25, 0.3) is 0 Å². The number of nitrogen functional groups attached to an aromatic ring is 1. The minimum atomic E-state index is -4.28. The lowest BCUT2D eigenvalue weighted by molar-refractivity contribution is -0.119. The van der Waals surface area contributed by atoms with Crippen LogP contribution in [0.1, 0.15) is 13.3 Å². The maximum absolute atomic E-state index is 12.2. The highest BCUT2D eigenvalue weighted by molar-refractivity contribution is 5.54. The molecule has 0 aliphatic rings. The number of ether oxygens (including phenoxy) is 1. The zero-order chi connectivity index (χ0) is 13.8. The van der Waals surface area contributed by atoms with Crippen LogP contribution in [0.4, 0.5) is 24.7 Å². The first kappa shape index (κ1) is 14.4. The fourth-order valence-corrected chi connectivity index (χ4v) is 1.32. The molecular formula is C11H16F3N3O. The third kappa shape index (κ3) is 4.31. The first-order chi connectivity index (χ1) is 8.33. The fourth-order valence-electron chi connectivity index (χ4n) is 1.32. The Morgan fingerprint density at radius 1 is 1.39 bits per heavy atom. The maximum atomic E-state index is 12.2. The molecule has 0 spiro atoms. The predicted octanol–water partition coefficient (Wildman–Crippen LogP) is 2.45. The number of anilines is 2. The molecule has 0 atom stereocenters. The highest BCUT2D eigenvalue weighted by Gasteiger charge is 2.30. The standard InChI is InChI=1S/C11H16F3N3O/c1-3-6-18-10-8(15)4-5-9(16-10)17(2)7-11(12,13)14/h4-5H,3,6-7,15H2,1-2H3. The van der Waals surface area contributed by atoms with Gasteiger partial charge in [0.15, 0.2) is 0 Å². The third-order valence-corrected chi connectivity index (χ3v) is 2.13. The fraction of sp³-hybridized carbons (Fsp3) is 0.545. The average Bonchev–Trinajstić information content (AvgIpc) is 2.25. The summed E-state index contributed by atoms with van der Waals surface area (Å²) in [4.78, 5) is 4.97. The third-order valence-electron chi connectivity index (χ3n) is 2.13. The Morgan fingerprint density at radius 2 is 2.06 bits per heavy atom. The van der Waals surface area contributed by atoms with Crippen molar-refractivity contribution < 1.29 is 17.9 Å². The Bertz CT molecular complexity index is 396. The second-order valence-corrected chi connectivity index (χ2v) is 3.88. The van der Waals surface area contributed by atoms with Crippen LogP contribution >= 0.6 is 0 Å². The molecule has 102 valence electrons. The molecule has 0 unspecified atom stereocenters. The zero-order valence-corrected chi connectivity index (χ0v) is 10.3. The van der Waals surface area contributed by atoms with E-state index < -0.39 is 12.7 Å². The lowest BCUT2D eigenvalue weighted by atomic mass is 10.3. The molecule has 18 heavy (non-hydrogen) atoms. The molecule has 1 heterocycles. The Kier molecular flexibility index (Phi) is 4.63. The molecular weight excluding hydrogens is 247 g/mol. The highest BCUT2D eigenvalue weighted by atomic mass is 19.4. The Labute approximate surface area is 104 Å². The number of aromatic nitrogens is 1. The van der Waals surface area contributed by atoms with Crippen molar-refractivity contribution in [1.82, 2.24) is 4.98 Å². The van der Waals surface area contributed by atoms with Crippen molar-refractivity contribution in [1.29, 1.82) is 0 Å². The van der Waals surface area contributed by atoms with E-state index in [0.29, 0.717) is 12.3 Å². The normalized spacial score (nSPS) is 11.4. The Hall–Kier alpha value is -1.66. The number of rotatable bonds is 5. The number of hydrogen-bond donors (Lipinski definition) is 1. The molecule has 0 bridgehead atoms. The first-order valence-corrected chi connectivity index (χ1v) is 5.50. The van der Waals surface area contributed by atoms with Crippen molar-refractivity contribution in [2.24, 2.45) is 0 Å². The second-order valence-electron chi connectivity index (χ2n) is 3.88. The number of nitrogens with two attached hydrogens (primary N) is 1. The van der Waals surface area contributed by atoms with Gasteiger partial charge in [0.2, 0.25) is 5.88 Å². The summed E-state index contributed by atoms with van der Waals surface area (Å²) in [6.45, 7) is 1.26. The summed E-state index contributed by atoms with van der Waals surface area (Å²) in [5.74, 6) is 0.344. The molecule has 0 aromatic carbocycles. The van der Waals surface area contributed by atoms with Gasteiger partial charge in [-0.2, -0.15) is 18.2 Å². The van der Waals surface area contributed by atoms with E-state index >= 15 is 0 Å². The summed E-state index contributed by atoms with van der Waals surface area (Å²) >= 11 is 0. The molecule has 7 heteroatoms. The van der Waals surface area contributed by atoms with Crippen LogP contribution in [0.3, 0.4) is 0 Å². The van der Waals surface area contributed by atoms with Gasteiger partial charge in [-0.25, -0.2) is 0 Å². The van der Waals surface area contributed by atoms with E-state index in [9.17, 15) is 13.2 Å². The summed E-state index contributed by atoms with van der Waals surface area (Å²) in [5.41, 5.74) is 5.94. The number of nitrogens with zero attached hydrogens (tertiary/aromatic N) is 2. The van der Waals surface area contributed by atoms with Crippen LogP contribution in [0.5, 0.6) is 5.88 Å². The molecule has 0 saturated heterocycles. The van der Waals surface area contributed by atoms with E-state index in [1.54, 1.807) is 0 Å². The Morgan fingerprint density at radius 3 is 2.61 bits per heavy atom. The van der Waals surface area contributed by atoms with Crippen LogP contribution in [-0.2, 0) is 0 Å².